The van der Waals surface area contributed by atoms with Crippen molar-refractivity contribution in [2.75, 3.05) is 0 Å². The molecular formula is C9H12ClNO2S. The van der Waals surface area contributed by atoms with E-state index in [0.717, 1.165) is 12.8 Å². The Kier molecular flexibility index (Phi) is 3.92. The topological polar surface area (TPSA) is 49.3 Å². The summed E-state index contributed by atoms with van der Waals surface area (Å²) in [6.45, 7) is 0. The van der Waals surface area contributed by atoms with Gasteiger partial charge in [0.05, 0.1) is 0 Å². The first-order chi connectivity index (χ1) is 6.27. The Morgan fingerprint density at radius 3 is 2.86 bits per heavy atom. The number of hydrogen-bond donors (Lipinski definition) is 2. The first-order valence-electron chi connectivity index (χ1n) is 4.29. The molecule has 3 nitrogen and oxygen atoms in total. The fourth-order valence-corrected chi connectivity index (χ4v) is 2.47. The van der Waals surface area contributed by atoms with Gasteiger partial charge in [-0.25, -0.2) is 0 Å². The zero-order valence-electron chi connectivity index (χ0n) is 7.47. The molecule has 1 saturated heterocycles. The number of halogens is 1. The molecule has 0 spiro atoms. The molecule has 1 fully saturated rings. The van der Waals surface area contributed by atoms with Crippen LogP contribution in [0.1, 0.15) is 23.8 Å². The summed E-state index contributed by atoms with van der Waals surface area (Å²) in [4.78, 5) is 11.9. The lowest BCUT2D eigenvalue weighted by atomic mass is 10.2. The standard InChI is InChI=1S/C9H11NO2S.ClH/c11-9(12)7-4-3-6(10-7)8-2-1-5-13-8;/h1-2,5-7,10H,3-4H2,(H,11,12);1H. The number of nitrogens with one attached hydrogen (secondary N) is 1. The van der Waals surface area contributed by atoms with Gasteiger partial charge in [0.2, 0.25) is 0 Å². The van der Waals surface area contributed by atoms with Crippen LogP contribution < -0.4 is 5.32 Å². The van der Waals surface area contributed by atoms with E-state index in [1.165, 1.54) is 4.88 Å². The highest BCUT2D eigenvalue weighted by Gasteiger charge is 2.29. The minimum absolute atomic E-state index is 0. The molecule has 14 heavy (non-hydrogen) atoms. The third-order valence-corrected chi connectivity index (χ3v) is 3.32. The van der Waals surface area contributed by atoms with Crippen molar-refractivity contribution in [2.24, 2.45) is 0 Å². The molecule has 0 bridgehead atoms. The van der Waals surface area contributed by atoms with E-state index in [4.69, 9.17) is 5.11 Å². The van der Waals surface area contributed by atoms with E-state index in [-0.39, 0.29) is 24.5 Å². The van der Waals surface area contributed by atoms with Crippen LogP contribution in [0.15, 0.2) is 17.5 Å². The van der Waals surface area contributed by atoms with Gasteiger partial charge in [-0.1, -0.05) is 6.07 Å². The molecule has 2 rings (SSSR count). The lowest BCUT2D eigenvalue weighted by Crippen LogP contribution is -2.31. The van der Waals surface area contributed by atoms with Crippen molar-refractivity contribution >= 4 is 29.7 Å². The molecule has 2 unspecified atom stereocenters. The Morgan fingerprint density at radius 2 is 2.36 bits per heavy atom. The van der Waals surface area contributed by atoms with Gasteiger partial charge >= 0.3 is 5.97 Å². The summed E-state index contributed by atoms with van der Waals surface area (Å²) in [7, 11) is 0. The number of hydrogen-bond acceptors (Lipinski definition) is 3. The second kappa shape index (κ2) is 4.77. The summed E-state index contributed by atoms with van der Waals surface area (Å²) >= 11 is 1.68. The third-order valence-electron chi connectivity index (χ3n) is 2.33. The predicted octanol–water partition coefficient (Wildman–Crippen LogP) is 2.05. The van der Waals surface area contributed by atoms with Crippen LogP contribution in [0.3, 0.4) is 0 Å². The lowest BCUT2D eigenvalue weighted by Gasteiger charge is -2.08. The van der Waals surface area contributed by atoms with Crippen molar-refractivity contribution < 1.29 is 9.90 Å². The van der Waals surface area contributed by atoms with Crippen molar-refractivity contribution in [1.29, 1.82) is 0 Å². The normalized spacial score (nSPS) is 25.7. The Bertz CT molecular complexity index is 302. The van der Waals surface area contributed by atoms with Crippen molar-refractivity contribution in [1.82, 2.24) is 5.32 Å². The molecule has 1 aromatic rings. The van der Waals surface area contributed by atoms with Gasteiger partial charge in [0.15, 0.2) is 0 Å². The van der Waals surface area contributed by atoms with Crippen molar-refractivity contribution in [3.63, 3.8) is 0 Å². The fraction of sp³-hybridized carbons (Fsp3) is 0.444. The van der Waals surface area contributed by atoms with Crippen molar-refractivity contribution in [3.8, 4) is 0 Å². The van der Waals surface area contributed by atoms with Gasteiger partial charge < -0.3 is 5.11 Å². The summed E-state index contributed by atoms with van der Waals surface area (Å²) in [5.74, 6) is -0.737. The van der Waals surface area contributed by atoms with Gasteiger partial charge in [-0.15, -0.1) is 23.7 Å². The van der Waals surface area contributed by atoms with E-state index in [0.29, 0.717) is 0 Å². The van der Waals surface area contributed by atoms with E-state index in [1.807, 2.05) is 17.5 Å². The van der Waals surface area contributed by atoms with Crippen LogP contribution in [0, 0.1) is 0 Å². The molecule has 5 heteroatoms. The van der Waals surface area contributed by atoms with Gasteiger partial charge in [-0.3, -0.25) is 10.1 Å². The second-order valence-electron chi connectivity index (χ2n) is 3.20. The van der Waals surface area contributed by atoms with Crippen molar-refractivity contribution in [2.45, 2.75) is 24.9 Å². The van der Waals surface area contributed by atoms with E-state index >= 15 is 0 Å². The summed E-state index contributed by atoms with van der Waals surface area (Å²) in [6, 6.07) is 3.94. The molecule has 2 N–H and O–H groups in total. The van der Waals surface area contributed by atoms with Crippen LogP contribution in [0.4, 0.5) is 0 Å². The quantitative estimate of drug-likeness (QED) is 0.822. The monoisotopic (exact) mass is 233 g/mol. The van der Waals surface area contributed by atoms with E-state index in [1.54, 1.807) is 11.3 Å². The highest BCUT2D eigenvalue weighted by molar-refractivity contribution is 7.10. The molecule has 2 heterocycles. The van der Waals surface area contributed by atoms with Crippen LogP contribution in [0.2, 0.25) is 0 Å². The number of thiophene rings is 1. The average Bonchev–Trinajstić information content (AvgIpc) is 2.75. The minimum atomic E-state index is -0.737. The maximum Gasteiger partial charge on any atom is 0.320 e. The Balaban J connectivity index is 0.000000980. The summed E-state index contributed by atoms with van der Waals surface area (Å²) in [5.41, 5.74) is 0. The third kappa shape index (κ3) is 2.26. The number of rotatable bonds is 2. The summed E-state index contributed by atoms with van der Waals surface area (Å²) in [5, 5.41) is 13.9. The first kappa shape index (κ1) is 11.5. The molecular weight excluding hydrogens is 222 g/mol. The summed E-state index contributed by atoms with van der Waals surface area (Å²) < 4.78 is 0. The highest BCUT2D eigenvalue weighted by atomic mass is 35.5. The van der Waals surface area contributed by atoms with Crippen molar-refractivity contribution in [3.05, 3.63) is 22.4 Å². The van der Waals surface area contributed by atoms with E-state index in [9.17, 15) is 4.79 Å². The smallest absolute Gasteiger partial charge is 0.320 e. The molecule has 0 aromatic carbocycles. The molecule has 1 aromatic heterocycles. The molecule has 2 atom stereocenters. The maximum atomic E-state index is 10.7. The number of aliphatic carboxylic acids is 1. The van der Waals surface area contributed by atoms with Crippen LogP contribution >= 0.6 is 23.7 Å². The predicted molar refractivity (Wildman–Crippen MR) is 58.1 cm³/mol. The molecule has 78 valence electrons. The molecule has 0 saturated carbocycles. The van der Waals surface area contributed by atoms with Crippen LogP contribution in [0.25, 0.3) is 0 Å². The fourth-order valence-electron chi connectivity index (χ4n) is 1.65. The molecule has 0 aliphatic carbocycles. The summed E-state index contributed by atoms with van der Waals surface area (Å²) in [6.07, 6.45) is 1.66. The minimum Gasteiger partial charge on any atom is -0.480 e. The van der Waals surface area contributed by atoms with Crippen LogP contribution in [-0.2, 0) is 4.79 Å². The molecule has 0 amide bonds. The highest BCUT2D eigenvalue weighted by Crippen LogP contribution is 2.29. The van der Waals surface area contributed by atoms with Gasteiger partial charge in [0.1, 0.15) is 6.04 Å². The largest absolute Gasteiger partial charge is 0.480 e. The van der Waals surface area contributed by atoms with Crippen LogP contribution in [0.5, 0.6) is 0 Å². The molecule has 1 aliphatic rings. The molecule has 1 aliphatic heterocycles. The lowest BCUT2D eigenvalue weighted by molar-refractivity contribution is -0.139. The molecule has 0 radical (unpaired) electrons. The van der Waals surface area contributed by atoms with E-state index < -0.39 is 5.97 Å². The maximum absolute atomic E-state index is 10.7. The SMILES string of the molecule is Cl.O=C(O)C1CCC(c2cccs2)N1. The number of carboxylic acid groups (broad SMARTS) is 1. The number of carboxylic acids is 1. The Morgan fingerprint density at radius 1 is 1.57 bits per heavy atom. The average molecular weight is 234 g/mol. The van der Waals surface area contributed by atoms with Gasteiger partial charge in [0, 0.05) is 10.9 Å². The zero-order chi connectivity index (χ0) is 9.26. The van der Waals surface area contributed by atoms with Gasteiger partial charge in [-0.05, 0) is 24.3 Å². The Labute approximate surface area is 92.5 Å². The Hall–Kier alpha value is -0.580. The van der Waals surface area contributed by atoms with Gasteiger partial charge in [-0.2, -0.15) is 0 Å². The first-order valence-corrected chi connectivity index (χ1v) is 5.17. The zero-order valence-corrected chi connectivity index (χ0v) is 9.11. The second-order valence-corrected chi connectivity index (χ2v) is 4.18. The van der Waals surface area contributed by atoms with Crippen LogP contribution in [-0.4, -0.2) is 17.1 Å². The van der Waals surface area contributed by atoms with Gasteiger partial charge in [0.25, 0.3) is 0 Å². The van der Waals surface area contributed by atoms with E-state index in [2.05, 4.69) is 5.32 Å². The number of carbonyl (C=O) groups is 1.